The Morgan fingerprint density at radius 3 is 2.29 bits per heavy atom. The summed E-state index contributed by atoms with van der Waals surface area (Å²) in [6, 6.07) is 10.3. The zero-order valence-corrected chi connectivity index (χ0v) is 12.0. The van der Waals surface area contributed by atoms with Crippen molar-refractivity contribution in [1.29, 1.82) is 0 Å². The fraction of sp³-hybridized carbons (Fsp3) is 0.267. The normalized spacial score (nSPS) is 10.0. The van der Waals surface area contributed by atoms with E-state index in [1.807, 2.05) is 13.8 Å². The van der Waals surface area contributed by atoms with Gasteiger partial charge in [-0.15, -0.1) is 10.2 Å². The van der Waals surface area contributed by atoms with Crippen LogP contribution in [0.2, 0.25) is 0 Å². The first-order valence-corrected chi connectivity index (χ1v) is 6.73. The smallest absolute Gasteiger partial charge is 0.276 e. The molecule has 1 aromatic carbocycles. The summed E-state index contributed by atoms with van der Waals surface area (Å²) >= 11 is 0. The third kappa shape index (κ3) is 4.17. The predicted octanol–water partition coefficient (Wildman–Crippen LogP) is 2.53. The molecule has 0 fully saturated rings. The number of nitrogens with one attached hydrogen (secondary N) is 1. The molecule has 6 nitrogen and oxygen atoms in total. The van der Waals surface area contributed by atoms with Crippen molar-refractivity contribution in [2.24, 2.45) is 0 Å². The quantitative estimate of drug-likeness (QED) is 0.883. The van der Waals surface area contributed by atoms with Gasteiger partial charge in [-0.25, -0.2) is 0 Å². The maximum absolute atomic E-state index is 12.0. The van der Waals surface area contributed by atoms with E-state index in [-0.39, 0.29) is 11.6 Å². The minimum atomic E-state index is -0.324. The Bertz CT molecular complexity index is 582. The van der Waals surface area contributed by atoms with Crippen molar-refractivity contribution in [3.05, 3.63) is 42.1 Å². The number of benzene rings is 1. The molecule has 0 unspecified atom stereocenters. The third-order valence-electron chi connectivity index (χ3n) is 2.59. The zero-order valence-electron chi connectivity index (χ0n) is 12.0. The number of anilines is 1. The highest BCUT2D eigenvalue weighted by atomic mass is 16.5. The van der Waals surface area contributed by atoms with Gasteiger partial charge in [0.1, 0.15) is 5.75 Å². The monoisotopic (exact) mass is 287 g/mol. The van der Waals surface area contributed by atoms with Gasteiger partial charge in [0.15, 0.2) is 5.69 Å². The van der Waals surface area contributed by atoms with Crippen molar-refractivity contribution in [1.82, 2.24) is 10.2 Å². The van der Waals surface area contributed by atoms with E-state index < -0.39 is 0 Å². The second-order valence-electron chi connectivity index (χ2n) is 4.10. The highest BCUT2D eigenvalue weighted by Gasteiger charge is 2.09. The number of rotatable bonds is 6. The van der Waals surface area contributed by atoms with Crippen molar-refractivity contribution in [2.45, 2.75) is 13.8 Å². The van der Waals surface area contributed by atoms with Crippen LogP contribution in [0, 0.1) is 0 Å². The van der Waals surface area contributed by atoms with Gasteiger partial charge >= 0.3 is 0 Å². The number of nitrogens with zero attached hydrogens (tertiary/aromatic N) is 2. The average molecular weight is 287 g/mol. The molecule has 1 amide bonds. The van der Waals surface area contributed by atoms with Crippen LogP contribution in [0.5, 0.6) is 11.6 Å². The number of carbonyl (C=O) groups excluding carboxylic acids is 1. The Hall–Kier alpha value is -2.63. The van der Waals surface area contributed by atoms with E-state index in [0.29, 0.717) is 24.8 Å². The maximum Gasteiger partial charge on any atom is 0.276 e. The van der Waals surface area contributed by atoms with Crippen LogP contribution in [-0.4, -0.2) is 29.3 Å². The molecule has 0 spiro atoms. The number of carbonyl (C=O) groups is 1. The SMILES string of the molecule is CCOc1ccc(NC(=O)c2ccc(OCC)nn2)cc1. The Labute approximate surface area is 123 Å². The molecule has 0 aliphatic carbocycles. The number of ether oxygens (including phenoxy) is 2. The van der Waals surface area contributed by atoms with Gasteiger partial charge in [0.05, 0.1) is 13.2 Å². The number of hydrogen-bond donors (Lipinski definition) is 1. The Balaban J connectivity index is 2.00. The summed E-state index contributed by atoms with van der Waals surface area (Å²) in [5.41, 5.74) is 0.895. The van der Waals surface area contributed by atoms with E-state index in [1.165, 1.54) is 0 Å². The molecule has 1 aromatic heterocycles. The van der Waals surface area contributed by atoms with Crippen molar-refractivity contribution in [3.8, 4) is 11.6 Å². The average Bonchev–Trinajstić information content (AvgIpc) is 2.50. The van der Waals surface area contributed by atoms with E-state index in [2.05, 4.69) is 15.5 Å². The predicted molar refractivity (Wildman–Crippen MR) is 78.8 cm³/mol. The fourth-order valence-corrected chi connectivity index (χ4v) is 1.66. The molecule has 0 aliphatic rings. The van der Waals surface area contributed by atoms with Crippen LogP contribution in [0.15, 0.2) is 36.4 Å². The van der Waals surface area contributed by atoms with Crippen molar-refractivity contribution < 1.29 is 14.3 Å². The van der Waals surface area contributed by atoms with Gasteiger partial charge < -0.3 is 14.8 Å². The number of amides is 1. The summed E-state index contributed by atoms with van der Waals surface area (Å²) in [7, 11) is 0. The highest BCUT2D eigenvalue weighted by molar-refractivity contribution is 6.02. The third-order valence-corrected chi connectivity index (χ3v) is 2.59. The molecule has 0 bridgehead atoms. The minimum Gasteiger partial charge on any atom is -0.494 e. The molecule has 2 aromatic rings. The first-order chi connectivity index (χ1) is 10.2. The van der Waals surface area contributed by atoms with Crippen LogP contribution in [0.4, 0.5) is 5.69 Å². The first kappa shape index (κ1) is 14.8. The van der Waals surface area contributed by atoms with Crippen LogP contribution in [0.1, 0.15) is 24.3 Å². The van der Waals surface area contributed by atoms with E-state index in [9.17, 15) is 4.79 Å². The van der Waals surface area contributed by atoms with Gasteiger partial charge in [0.25, 0.3) is 5.91 Å². The van der Waals surface area contributed by atoms with Crippen LogP contribution < -0.4 is 14.8 Å². The summed E-state index contributed by atoms with van der Waals surface area (Å²) in [4.78, 5) is 12.0. The lowest BCUT2D eigenvalue weighted by molar-refractivity contribution is 0.102. The van der Waals surface area contributed by atoms with E-state index in [4.69, 9.17) is 9.47 Å². The largest absolute Gasteiger partial charge is 0.494 e. The van der Waals surface area contributed by atoms with Crippen LogP contribution in [0.25, 0.3) is 0 Å². The molecule has 0 saturated heterocycles. The van der Waals surface area contributed by atoms with E-state index >= 15 is 0 Å². The molecule has 1 heterocycles. The Kier molecular flexibility index (Phi) is 5.09. The van der Waals surface area contributed by atoms with Gasteiger partial charge in [-0.3, -0.25) is 4.79 Å². The fourth-order valence-electron chi connectivity index (χ4n) is 1.66. The van der Waals surface area contributed by atoms with Gasteiger partial charge in [0.2, 0.25) is 5.88 Å². The summed E-state index contributed by atoms with van der Waals surface area (Å²) in [5, 5.41) is 10.4. The molecule has 2 rings (SSSR count). The lowest BCUT2D eigenvalue weighted by Crippen LogP contribution is -2.14. The van der Waals surface area contributed by atoms with Gasteiger partial charge in [-0.2, -0.15) is 0 Å². The molecule has 0 atom stereocenters. The lowest BCUT2D eigenvalue weighted by atomic mass is 10.3. The minimum absolute atomic E-state index is 0.229. The Morgan fingerprint density at radius 2 is 1.71 bits per heavy atom. The highest BCUT2D eigenvalue weighted by Crippen LogP contribution is 2.16. The molecule has 6 heteroatoms. The molecular formula is C15H17N3O3. The summed E-state index contributed by atoms with van der Waals surface area (Å²) in [6.07, 6.45) is 0. The number of hydrogen-bond acceptors (Lipinski definition) is 5. The molecule has 0 radical (unpaired) electrons. The van der Waals surface area contributed by atoms with Crippen LogP contribution in [0.3, 0.4) is 0 Å². The first-order valence-electron chi connectivity index (χ1n) is 6.73. The van der Waals surface area contributed by atoms with Crippen molar-refractivity contribution >= 4 is 11.6 Å². The molecule has 1 N–H and O–H groups in total. The van der Waals surface area contributed by atoms with Gasteiger partial charge in [-0.1, -0.05) is 0 Å². The standard InChI is InChI=1S/C15H17N3O3/c1-3-20-12-7-5-11(6-8-12)16-15(19)13-9-10-14(18-17-13)21-4-2/h5-10H,3-4H2,1-2H3,(H,16,19). The van der Waals surface area contributed by atoms with Crippen LogP contribution >= 0.6 is 0 Å². The Morgan fingerprint density at radius 1 is 1.00 bits per heavy atom. The van der Waals surface area contributed by atoms with Gasteiger partial charge in [-0.05, 0) is 44.2 Å². The zero-order chi connectivity index (χ0) is 15.1. The molecule has 110 valence electrons. The van der Waals surface area contributed by atoms with E-state index in [1.54, 1.807) is 36.4 Å². The topological polar surface area (TPSA) is 73.3 Å². The lowest BCUT2D eigenvalue weighted by Gasteiger charge is -2.07. The summed E-state index contributed by atoms with van der Waals surface area (Å²) in [6.45, 7) is 4.88. The molecule has 21 heavy (non-hydrogen) atoms. The second-order valence-corrected chi connectivity index (χ2v) is 4.10. The maximum atomic E-state index is 12.0. The second kappa shape index (κ2) is 7.23. The van der Waals surface area contributed by atoms with Crippen LogP contribution in [-0.2, 0) is 0 Å². The number of aromatic nitrogens is 2. The molecular weight excluding hydrogens is 270 g/mol. The molecule has 0 aliphatic heterocycles. The van der Waals surface area contributed by atoms with Crippen molar-refractivity contribution in [2.75, 3.05) is 18.5 Å². The summed E-state index contributed by atoms with van der Waals surface area (Å²) < 4.78 is 10.5. The summed E-state index contributed by atoms with van der Waals surface area (Å²) in [5.74, 6) is 0.834. The van der Waals surface area contributed by atoms with Gasteiger partial charge in [0, 0.05) is 11.8 Å². The van der Waals surface area contributed by atoms with Crippen molar-refractivity contribution in [3.63, 3.8) is 0 Å². The van der Waals surface area contributed by atoms with E-state index in [0.717, 1.165) is 5.75 Å². The molecule has 0 saturated carbocycles.